The van der Waals surface area contributed by atoms with E-state index in [1.165, 1.54) is 12.1 Å². The number of hydrogen-bond acceptors (Lipinski definition) is 3. The molecule has 1 fully saturated rings. The van der Waals surface area contributed by atoms with Crippen LogP contribution in [0, 0.1) is 11.7 Å². The molecule has 7 heteroatoms. The van der Waals surface area contributed by atoms with Crippen LogP contribution in [0.2, 0.25) is 0 Å². The zero-order chi connectivity index (χ0) is 20.2. The Morgan fingerprint density at radius 3 is 2.72 bits per heavy atom. The summed E-state index contributed by atoms with van der Waals surface area (Å²) in [4.78, 5) is 3.52. The van der Waals surface area contributed by atoms with Gasteiger partial charge < -0.3 is 10.3 Å². The fourth-order valence-electron chi connectivity index (χ4n) is 4.68. The summed E-state index contributed by atoms with van der Waals surface area (Å²) in [5.41, 5.74) is 3.46. The molecule has 3 aromatic rings. The molecule has 2 N–H and O–H groups in total. The maximum Gasteiger partial charge on any atom is 0.243 e. The number of aromatic amines is 1. The molecule has 1 aromatic heterocycles. The number of rotatable bonds is 3. The van der Waals surface area contributed by atoms with E-state index in [0.717, 1.165) is 53.5 Å². The van der Waals surface area contributed by atoms with Crippen LogP contribution in [0.4, 0.5) is 4.39 Å². The zero-order valence-corrected chi connectivity index (χ0v) is 17.1. The molecule has 5 nitrogen and oxygen atoms in total. The fraction of sp³-hybridized carbons (Fsp3) is 0.364. The summed E-state index contributed by atoms with van der Waals surface area (Å²) in [5, 5.41) is 4.26. The van der Waals surface area contributed by atoms with Gasteiger partial charge in [0.15, 0.2) is 0 Å². The first kappa shape index (κ1) is 18.8. The Hall–Kier alpha value is -2.22. The number of piperidine rings is 1. The minimum Gasteiger partial charge on any atom is -0.360 e. The van der Waals surface area contributed by atoms with Gasteiger partial charge in [0.1, 0.15) is 5.82 Å². The maximum atomic E-state index is 13.5. The molecule has 0 radical (unpaired) electrons. The monoisotopic (exact) mass is 413 g/mol. The molecular formula is C22H24FN3O2S. The lowest BCUT2D eigenvalue weighted by atomic mass is 9.96. The number of aromatic nitrogens is 1. The minimum atomic E-state index is -3.47. The van der Waals surface area contributed by atoms with Crippen molar-refractivity contribution >= 4 is 20.9 Å². The van der Waals surface area contributed by atoms with Crippen LogP contribution in [0.25, 0.3) is 22.0 Å². The molecule has 0 aliphatic carbocycles. The Labute approximate surface area is 170 Å². The average molecular weight is 414 g/mol. The van der Waals surface area contributed by atoms with E-state index < -0.39 is 10.0 Å². The van der Waals surface area contributed by atoms with Crippen LogP contribution in [0.1, 0.15) is 31.4 Å². The van der Waals surface area contributed by atoms with Crippen molar-refractivity contribution in [1.29, 1.82) is 0 Å². The van der Waals surface area contributed by atoms with E-state index in [9.17, 15) is 12.8 Å². The maximum absolute atomic E-state index is 13.5. The molecule has 1 unspecified atom stereocenters. The van der Waals surface area contributed by atoms with Gasteiger partial charge in [-0.3, -0.25) is 0 Å². The van der Waals surface area contributed by atoms with E-state index in [-0.39, 0.29) is 11.9 Å². The fourth-order valence-corrected chi connectivity index (χ4v) is 6.64. The Morgan fingerprint density at radius 2 is 1.93 bits per heavy atom. The van der Waals surface area contributed by atoms with Crippen molar-refractivity contribution in [3.63, 3.8) is 0 Å². The Balaban J connectivity index is 1.52. The van der Waals surface area contributed by atoms with E-state index in [0.29, 0.717) is 17.4 Å². The Kier molecular flexibility index (Phi) is 4.49. The lowest BCUT2D eigenvalue weighted by Gasteiger charge is -2.28. The van der Waals surface area contributed by atoms with E-state index in [4.69, 9.17) is 0 Å². The lowest BCUT2D eigenvalue weighted by Crippen LogP contribution is -2.37. The normalized spacial score (nSPS) is 22.2. The highest BCUT2D eigenvalue weighted by atomic mass is 32.2. The highest BCUT2D eigenvalue weighted by Crippen LogP contribution is 2.42. The highest BCUT2D eigenvalue weighted by Gasteiger charge is 2.41. The first-order valence-electron chi connectivity index (χ1n) is 10.1. The van der Waals surface area contributed by atoms with Crippen LogP contribution in [0.15, 0.2) is 47.5 Å². The summed E-state index contributed by atoms with van der Waals surface area (Å²) < 4.78 is 41.5. The van der Waals surface area contributed by atoms with Gasteiger partial charge in [0.2, 0.25) is 10.0 Å². The molecule has 2 aliphatic heterocycles. The van der Waals surface area contributed by atoms with Crippen molar-refractivity contribution in [2.24, 2.45) is 5.92 Å². The van der Waals surface area contributed by atoms with Crippen molar-refractivity contribution in [3.8, 4) is 11.1 Å². The molecule has 3 heterocycles. The number of fused-ring (bicyclic) bond motifs is 2. The Morgan fingerprint density at radius 1 is 1.14 bits per heavy atom. The third kappa shape index (κ3) is 3.08. The molecule has 2 aliphatic rings. The van der Waals surface area contributed by atoms with Crippen LogP contribution in [-0.2, 0) is 10.0 Å². The lowest BCUT2D eigenvalue weighted by molar-refractivity contribution is 0.262. The third-order valence-electron chi connectivity index (χ3n) is 6.33. The Bertz CT molecular complexity index is 1180. The number of H-pyrrole nitrogens is 1. The largest absolute Gasteiger partial charge is 0.360 e. The first-order valence-corrected chi connectivity index (χ1v) is 11.5. The van der Waals surface area contributed by atoms with Crippen molar-refractivity contribution < 1.29 is 12.8 Å². The van der Waals surface area contributed by atoms with Gasteiger partial charge in [0, 0.05) is 35.2 Å². The number of halogens is 1. The SMILES string of the molecule is CC1c2cc(-c3c[nH]c4cc(F)ccc34)ccc2S(=O)(=O)N1CC1CCNCC1. The summed E-state index contributed by atoms with van der Waals surface area (Å²) in [6, 6.07) is 10.0. The van der Waals surface area contributed by atoms with Gasteiger partial charge in [-0.05, 0) is 80.2 Å². The number of benzene rings is 2. The predicted molar refractivity (Wildman–Crippen MR) is 112 cm³/mol. The van der Waals surface area contributed by atoms with E-state index in [2.05, 4.69) is 10.3 Å². The first-order chi connectivity index (χ1) is 13.9. The number of hydrogen-bond donors (Lipinski definition) is 2. The topological polar surface area (TPSA) is 65.2 Å². The molecular weight excluding hydrogens is 389 g/mol. The van der Waals surface area contributed by atoms with Gasteiger partial charge in [0.25, 0.3) is 0 Å². The molecule has 29 heavy (non-hydrogen) atoms. The molecule has 5 rings (SSSR count). The molecule has 1 atom stereocenters. The number of sulfonamides is 1. The molecule has 152 valence electrons. The van der Waals surface area contributed by atoms with Crippen LogP contribution in [0.3, 0.4) is 0 Å². The quantitative estimate of drug-likeness (QED) is 0.681. The molecule has 0 bridgehead atoms. The summed E-state index contributed by atoms with van der Waals surface area (Å²) in [7, 11) is -3.47. The number of nitrogens with one attached hydrogen (secondary N) is 2. The van der Waals surface area contributed by atoms with E-state index >= 15 is 0 Å². The van der Waals surface area contributed by atoms with Crippen LogP contribution < -0.4 is 5.32 Å². The predicted octanol–water partition coefficient (Wildman–Crippen LogP) is 4.04. The van der Waals surface area contributed by atoms with Gasteiger partial charge in [-0.1, -0.05) is 6.07 Å². The van der Waals surface area contributed by atoms with Crippen molar-refractivity contribution in [3.05, 3.63) is 54.0 Å². The number of nitrogens with zero attached hydrogens (tertiary/aromatic N) is 1. The van der Waals surface area contributed by atoms with Gasteiger partial charge in [0.05, 0.1) is 4.90 Å². The second-order valence-corrected chi connectivity index (χ2v) is 9.95. The molecule has 0 amide bonds. The zero-order valence-electron chi connectivity index (χ0n) is 16.3. The van der Waals surface area contributed by atoms with Gasteiger partial charge in [-0.2, -0.15) is 4.31 Å². The van der Waals surface area contributed by atoms with Crippen molar-refractivity contribution in [2.45, 2.75) is 30.7 Å². The molecule has 1 saturated heterocycles. The molecule has 0 spiro atoms. The van der Waals surface area contributed by atoms with Crippen molar-refractivity contribution in [2.75, 3.05) is 19.6 Å². The second-order valence-electron chi connectivity index (χ2n) is 8.09. The van der Waals surface area contributed by atoms with Crippen LogP contribution >= 0.6 is 0 Å². The summed E-state index contributed by atoms with van der Waals surface area (Å²) in [6.07, 6.45) is 3.87. The van der Waals surface area contributed by atoms with Gasteiger partial charge in [-0.15, -0.1) is 0 Å². The van der Waals surface area contributed by atoms with Crippen LogP contribution in [-0.4, -0.2) is 37.3 Å². The van der Waals surface area contributed by atoms with Gasteiger partial charge in [-0.25, -0.2) is 12.8 Å². The van der Waals surface area contributed by atoms with E-state index in [1.54, 1.807) is 16.4 Å². The minimum absolute atomic E-state index is 0.188. The highest BCUT2D eigenvalue weighted by molar-refractivity contribution is 7.89. The molecule has 2 aromatic carbocycles. The van der Waals surface area contributed by atoms with Crippen LogP contribution in [0.5, 0.6) is 0 Å². The van der Waals surface area contributed by atoms with Crippen molar-refractivity contribution in [1.82, 2.24) is 14.6 Å². The smallest absolute Gasteiger partial charge is 0.243 e. The third-order valence-corrected chi connectivity index (χ3v) is 8.34. The average Bonchev–Trinajstić information content (AvgIpc) is 3.21. The molecule has 0 saturated carbocycles. The summed E-state index contributed by atoms with van der Waals surface area (Å²) in [5.74, 6) is 0.110. The van der Waals surface area contributed by atoms with Gasteiger partial charge >= 0.3 is 0 Å². The summed E-state index contributed by atoms with van der Waals surface area (Å²) >= 11 is 0. The standard InChI is InChI=1S/C22H24FN3O2S/c1-14-19-10-16(20-12-25-21-11-17(23)3-4-18(20)21)2-5-22(19)29(27,28)26(14)13-15-6-8-24-9-7-15/h2-5,10-12,14-15,24-25H,6-9,13H2,1H3. The summed E-state index contributed by atoms with van der Waals surface area (Å²) in [6.45, 7) is 4.44. The van der Waals surface area contributed by atoms with E-state index in [1.807, 2.05) is 25.3 Å². The second kappa shape index (κ2) is 6.93.